The molecule has 2 N–H and O–H groups in total. The van der Waals surface area contributed by atoms with E-state index in [2.05, 4.69) is 5.32 Å². The highest BCUT2D eigenvalue weighted by Gasteiger charge is 2.16. The van der Waals surface area contributed by atoms with Crippen molar-refractivity contribution >= 4 is 17.3 Å². The monoisotopic (exact) mass is 290 g/mol. The molecule has 0 aliphatic rings. The van der Waals surface area contributed by atoms with Gasteiger partial charge in [-0.05, 0) is 29.8 Å². The summed E-state index contributed by atoms with van der Waals surface area (Å²) in [5, 5.41) is 22.0. The number of rotatable bonds is 4. The summed E-state index contributed by atoms with van der Waals surface area (Å²) >= 11 is 0. The number of benzene rings is 2. The average molecular weight is 290 g/mol. The van der Waals surface area contributed by atoms with Crippen molar-refractivity contribution in [2.24, 2.45) is 0 Å². The number of halogens is 1. The van der Waals surface area contributed by atoms with Gasteiger partial charge in [0.05, 0.1) is 11.5 Å². The Bertz CT molecular complexity index is 703. The summed E-state index contributed by atoms with van der Waals surface area (Å²) in [5.41, 5.74) is 0.328. The van der Waals surface area contributed by atoms with Gasteiger partial charge in [-0.25, -0.2) is 0 Å². The molecule has 2 aromatic carbocycles. The van der Waals surface area contributed by atoms with Crippen LogP contribution in [0.5, 0.6) is 0 Å². The molecule has 0 saturated carbocycles. The zero-order chi connectivity index (χ0) is 15.4. The van der Waals surface area contributed by atoms with Gasteiger partial charge in [-0.2, -0.15) is 4.39 Å². The number of anilines is 1. The van der Waals surface area contributed by atoms with Crippen LogP contribution in [-0.2, 0) is 6.61 Å². The van der Waals surface area contributed by atoms with Gasteiger partial charge >= 0.3 is 5.69 Å². The van der Waals surface area contributed by atoms with Crippen LogP contribution in [0.4, 0.5) is 15.8 Å². The van der Waals surface area contributed by atoms with Crippen LogP contribution in [0.25, 0.3) is 0 Å². The smallest absolute Gasteiger partial charge is 0.304 e. The van der Waals surface area contributed by atoms with Gasteiger partial charge in [0.2, 0.25) is 5.82 Å². The van der Waals surface area contributed by atoms with Crippen LogP contribution >= 0.6 is 0 Å². The SMILES string of the molecule is O=C(Nc1cccc(CO)c1)c1ccc([N+](=O)[O-])c(F)c1. The molecule has 0 spiro atoms. The van der Waals surface area contributed by atoms with Gasteiger partial charge in [0.25, 0.3) is 5.91 Å². The summed E-state index contributed by atoms with van der Waals surface area (Å²) in [5.74, 6) is -1.67. The zero-order valence-corrected chi connectivity index (χ0v) is 10.7. The second-order valence-corrected chi connectivity index (χ2v) is 4.24. The number of hydrogen-bond donors (Lipinski definition) is 2. The third kappa shape index (κ3) is 3.40. The van der Waals surface area contributed by atoms with E-state index >= 15 is 0 Å². The maximum absolute atomic E-state index is 13.5. The van der Waals surface area contributed by atoms with E-state index in [1.165, 1.54) is 6.07 Å². The Hall–Kier alpha value is -2.80. The Labute approximate surface area is 119 Å². The van der Waals surface area contributed by atoms with Crippen molar-refractivity contribution in [2.45, 2.75) is 6.61 Å². The van der Waals surface area contributed by atoms with Crippen LogP contribution in [0.2, 0.25) is 0 Å². The fourth-order valence-electron chi connectivity index (χ4n) is 1.75. The Morgan fingerprint density at radius 1 is 1.29 bits per heavy atom. The first-order valence-corrected chi connectivity index (χ1v) is 5.96. The van der Waals surface area contributed by atoms with Crippen molar-refractivity contribution in [2.75, 3.05) is 5.32 Å². The number of aliphatic hydroxyl groups is 1. The van der Waals surface area contributed by atoms with Gasteiger partial charge < -0.3 is 10.4 Å². The number of nitrogens with zero attached hydrogens (tertiary/aromatic N) is 1. The summed E-state index contributed by atoms with van der Waals surface area (Å²) in [6, 6.07) is 9.43. The van der Waals surface area contributed by atoms with E-state index in [0.29, 0.717) is 11.3 Å². The molecule has 0 unspecified atom stereocenters. The van der Waals surface area contributed by atoms with Crippen molar-refractivity contribution < 1.29 is 19.2 Å². The maximum atomic E-state index is 13.5. The van der Waals surface area contributed by atoms with Crippen LogP contribution < -0.4 is 5.32 Å². The van der Waals surface area contributed by atoms with Gasteiger partial charge in [-0.15, -0.1) is 0 Å². The zero-order valence-electron chi connectivity index (χ0n) is 10.7. The van der Waals surface area contributed by atoms with E-state index < -0.39 is 22.3 Å². The fourth-order valence-corrected chi connectivity index (χ4v) is 1.75. The Morgan fingerprint density at radius 3 is 2.67 bits per heavy atom. The van der Waals surface area contributed by atoms with Crippen molar-refractivity contribution in [3.63, 3.8) is 0 Å². The number of hydrogen-bond acceptors (Lipinski definition) is 4. The molecule has 0 radical (unpaired) electrons. The normalized spacial score (nSPS) is 10.2. The molecule has 0 heterocycles. The fraction of sp³-hybridized carbons (Fsp3) is 0.0714. The highest BCUT2D eigenvalue weighted by atomic mass is 19.1. The molecule has 0 aliphatic carbocycles. The standard InChI is InChI=1S/C14H11FN2O4/c15-12-7-10(4-5-13(12)17(20)21)14(19)16-11-3-1-2-9(6-11)8-18/h1-7,18H,8H2,(H,16,19). The Kier molecular flexibility index (Phi) is 4.24. The molecule has 0 aliphatic heterocycles. The Balaban J connectivity index is 2.20. The summed E-state index contributed by atoms with van der Waals surface area (Å²) in [6.07, 6.45) is 0. The predicted octanol–water partition coefficient (Wildman–Crippen LogP) is 2.48. The lowest BCUT2D eigenvalue weighted by molar-refractivity contribution is -0.387. The van der Waals surface area contributed by atoms with Crippen LogP contribution in [0.15, 0.2) is 42.5 Å². The van der Waals surface area contributed by atoms with Gasteiger partial charge in [0.1, 0.15) is 0 Å². The minimum Gasteiger partial charge on any atom is -0.392 e. The summed E-state index contributed by atoms with van der Waals surface area (Å²) in [7, 11) is 0. The van der Waals surface area contributed by atoms with Crippen molar-refractivity contribution in [1.82, 2.24) is 0 Å². The molecule has 0 fully saturated rings. The Morgan fingerprint density at radius 2 is 2.05 bits per heavy atom. The van der Waals surface area contributed by atoms with Crippen LogP contribution in [-0.4, -0.2) is 15.9 Å². The molecule has 2 aromatic rings. The predicted molar refractivity (Wildman–Crippen MR) is 73.4 cm³/mol. The van der Waals surface area contributed by atoms with E-state index in [-0.39, 0.29) is 12.2 Å². The van der Waals surface area contributed by atoms with Gasteiger partial charge in [-0.3, -0.25) is 14.9 Å². The van der Waals surface area contributed by atoms with Crippen LogP contribution in [0, 0.1) is 15.9 Å². The summed E-state index contributed by atoms with van der Waals surface area (Å²) < 4.78 is 13.5. The van der Waals surface area contributed by atoms with E-state index in [1.807, 2.05) is 0 Å². The molecule has 2 rings (SSSR count). The lowest BCUT2D eigenvalue weighted by atomic mass is 10.1. The number of carbonyl (C=O) groups excluding carboxylic acids is 1. The minimum absolute atomic E-state index is 0.0347. The van der Waals surface area contributed by atoms with E-state index in [9.17, 15) is 19.3 Å². The second kappa shape index (κ2) is 6.10. The van der Waals surface area contributed by atoms with Crippen LogP contribution in [0.3, 0.4) is 0 Å². The molecule has 0 atom stereocenters. The highest BCUT2D eigenvalue weighted by molar-refractivity contribution is 6.04. The molecule has 0 aromatic heterocycles. The van der Waals surface area contributed by atoms with E-state index in [0.717, 1.165) is 12.1 Å². The number of amides is 1. The third-order valence-electron chi connectivity index (χ3n) is 2.77. The molecule has 21 heavy (non-hydrogen) atoms. The lowest BCUT2D eigenvalue weighted by Crippen LogP contribution is -2.12. The number of aliphatic hydroxyl groups excluding tert-OH is 1. The molecule has 0 bridgehead atoms. The maximum Gasteiger partial charge on any atom is 0.304 e. The second-order valence-electron chi connectivity index (χ2n) is 4.24. The topological polar surface area (TPSA) is 92.5 Å². The highest BCUT2D eigenvalue weighted by Crippen LogP contribution is 2.19. The van der Waals surface area contributed by atoms with Crippen LogP contribution in [0.1, 0.15) is 15.9 Å². The molecule has 7 heteroatoms. The molecular weight excluding hydrogens is 279 g/mol. The quantitative estimate of drug-likeness (QED) is 0.668. The summed E-state index contributed by atoms with van der Waals surface area (Å²) in [4.78, 5) is 21.6. The first kappa shape index (κ1) is 14.6. The largest absolute Gasteiger partial charge is 0.392 e. The van der Waals surface area contributed by atoms with Crippen molar-refractivity contribution in [3.8, 4) is 0 Å². The van der Waals surface area contributed by atoms with E-state index in [1.54, 1.807) is 24.3 Å². The van der Waals surface area contributed by atoms with Gasteiger partial charge in [0.15, 0.2) is 0 Å². The van der Waals surface area contributed by atoms with E-state index in [4.69, 9.17) is 5.11 Å². The lowest BCUT2D eigenvalue weighted by Gasteiger charge is -2.06. The molecular formula is C14H11FN2O4. The molecule has 6 nitrogen and oxygen atoms in total. The first-order valence-electron chi connectivity index (χ1n) is 5.96. The first-order chi connectivity index (χ1) is 10.0. The molecule has 0 saturated heterocycles. The number of nitro groups is 1. The van der Waals surface area contributed by atoms with Gasteiger partial charge in [-0.1, -0.05) is 12.1 Å². The number of nitro benzene ring substituents is 1. The minimum atomic E-state index is -1.07. The van der Waals surface area contributed by atoms with Crippen molar-refractivity contribution in [3.05, 3.63) is 69.5 Å². The average Bonchev–Trinajstić information content (AvgIpc) is 2.46. The molecule has 108 valence electrons. The number of nitrogens with one attached hydrogen (secondary N) is 1. The van der Waals surface area contributed by atoms with Gasteiger partial charge in [0, 0.05) is 17.3 Å². The summed E-state index contributed by atoms with van der Waals surface area (Å²) in [6.45, 7) is -0.171. The molecule has 1 amide bonds. The third-order valence-corrected chi connectivity index (χ3v) is 2.77. The number of carbonyl (C=O) groups is 1. The van der Waals surface area contributed by atoms with Crippen molar-refractivity contribution in [1.29, 1.82) is 0 Å².